The summed E-state index contributed by atoms with van der Waals surface area (Å²) in [7, 11) is 0. The van der Waals surface area contributed by atoms with Crippen LogP contribution < -0.4 is 11.1 Å². The van der Waals surface area contributed by atoms with Gasteiger partial charge < -0.3 is 0 Å². The third kappa shape index (κ3) is 1.36. The second-order valence-corrected chi connectivity index (χ2v) is 2.84. The number of fused-ring (bicyclic) bond motifs is 1. The zero-order valence-electron chi connectivity index (χ0n) is 7.07. The molecule has 64 valence electrons. The second kappa shape index (κ2) is 2.86. The molecule has 1 heterocycles. The van der Waals surface area contributed by atoms with Crippen LogP contribution in [0.5, 0.6) is 0 Å². The van der Waals surface area contributed by atoms with Gasteiger partial charge in [0.1, 0.15) is 0 Å². The zero-order chi connectivity index (χ0) is 9.26. The van der Waals surface area contributed by atoms with Crippen LogP contribution in [0.4, 0.5) is 0 Å². The van der Waals surface area contributed by atoms with Gasteiger partial charge in [0.15, 0.2) is 5.69 Å². The van der Waals surface area contributed by atoms with Gasteiger partial charge in [0.05, 0.1) is 5.52 Å². The van der Waals surface area contributed by atoms with Crippen molar-refractivity contribution in [1.29, 1.82) is 0 Å². The molecule has 0 amide bonds. The zero-order valence-corrected chi connectivity index (χ0v) is 7.07. The van der Waals surface area contributed by atoms with Crippen LogP contribution in [0, 0.1) is 0 Å². The standard InChI is InChI=1S/C10H9N3/c11-10(12)9-6-5-7-3-1-2-4-8(7)13-9/h1-6H,(H3,11,12)/p+1. The van der Waals surface area contributed by atoms with Crippen LogP contribution in [0.2, 0.25) is 0 Å². The summed E-state index contributed by atoms with van der Waals surface area (Å²) >= 11 is 0. The lowest BCUT2D eigenvalue weighted by molar-refractivity contribution is -0.114. The van der Waals surface area contributed by atoms with E-state index in [4.69, 9.17) is 11.1 Å². The van der Waals surface area contributed by atoms with Gasteiger partial charge in [-0.05, 0) is 12.1 Å². The van der Waals surface area contributed by atoms with Crippen molar-refractivity contribution in [2.45, 2.75) is 0 Å². The van der Waals surface area contributed by atoms with E-state index in [0.29, 0.717) is 5.69 Å². The maximum Gasteiger partial charge on any atom is 0.289 e. The molecule has 3 heteroatoms. The number of nitrogens with two attached hydrogens (primary N) is 2. The Morgan fingerprint density at radius 2 is 1.92 bits per heavy atom. The molecule has 1 aromatic heterocycles. The fourth-order valence-corrected chi connectivity index (χ4v) is 1.23. The molecule has 0 unspecified atom stereocenters. The van der Waals surface area contributed by atoms with Gasteiger partial charge in [0, 0.05) is 5.39 Å². The minimum atomic E-state index is 0.255. The van der Waals surface area contributed by atoms with Gasteiger partial charge in [0.2, 0.25) is 0 Å². The Labute approximate surface area is 75.7 Å². The Morgan fingerprint density at radius 1 is 1.15 bits per heavy atom. The van der Waals surface area contributed by atoms with Crippen LogP contribution >= 0.6 is 0 Å². The lowest BCUT2D eigenvalue weighted by Gasteiger charge is -1.97. The van der Waals surface area contributed by atoms with E-state index in [0.717, 1.165) is 10.9 Å². The second-order valence-electron chi connectivity index (χ2n) is 2.84. The molecule has 0 aliphatic heterocycles. The minimum absolute atomic E-state index is 0.255. The van der Waals surface area contributed by atoms with E-state index in [2.05, 4.69) is 4.98 Å². The number of aromatic nitrogens is 1. The predicted molar refractivity (Wildman–Crippen MR) is 52.0 cm³/mol. The smallest absolute Gasteiger partial charge is 0.286 e. The number of amidine groups is 1. The Hall–Kier alpha value is -1.90. The lowest BCUT2D eigenvalue weighted by Crippen LogP contribution is -2.46. The van der Waals surface area contributed by atoms with Crippen LogP contribution in [0.1, 0.15) is 5.69 Å². The molecule has 0 saturated carbocycles. The van der Waals surface area contributed by atoms with E-state index in [9.17, 15) is 0 Å². The molecular weight excluding hydrogens is 162 g/mol. The summed E-state index contributed by atoms with van der Waals surface area (Å²) in [5, 5.41) is 6.53. The average Bonchev–Trinajstić information content (AvgIpc) is 2.17. The van der Waals surface area contributed by atoms with Gasteiger partial charge >= 0.3 is 0 Å². The van der Waals surface area contributed by atoms with Crippen LogP contribution in [-0.2, 0) is 0 Å². The number of benzene rings is 1. The average molecular weight is 172 g/mol. The molecule has 0 radical (unpaired) electrons. The molecule has 1 aromatic carbocycles. The number of rotatable bonds is 1. The molecule has 0 fully saturated rings. The molecule has 2 rings (SSSR count). The van der Waals surface area contributed by atoms with Gasteiger partial charge in [-0.1, -0.05) is 24.3 Å². The molecule has 0 aliphatic carbocycles. The summed E-state index contributed by atoms with van der Waals surface area (Å²) in [6, 6.07) is 11.6. The largest absolute Gasteiger partial charge is 0.289 e. The highest BCUT2D eigenvalue weighted by Gasteiger charge is 2.03. The first-order valence-corrected chi connectivity index (χ1v) is 4.01. The molecule has 2 aromatic rings. The summed E-state index contributed by atoms with van der Waals surface area (Å²) in [6.07, 6.45) is 0. The molecule has 0 atom stereocenters. The van der Waals surface area contributed by atoms with Crippen molar-refractivity contribution in [2.75, 3.05) is 0 Å². The van der Waals surface area contributed by atoms with Gasteiger partial charge in [0.25, 0.3) is 5.84 Å². The Morgan fingerprint density at radius 3 is 2.69 bits per heavy atom. The van der Waals surface area contributed by atoms with Crippen LogP contribution in [0.15, 0.2) is 36.4 Å². The SMILES string of the molecule is NC(=[NH2+])c1ccc2ccccc2n1. The highest BCUT2D eigenvalue weighted by Crippen LogP contribution is 2.10. The highest BCUT2D eigenvalue weighted by molar-refractivity contribution is 5.93. The molecule has 4 N–H and O–H groups in total. The Bertz CT molecular complexity index is 462. The first-order valence-electron chi connectivity index (χ1n) is 4.01. The third-order valence-corrected chi connectivity index (χ3v) is 1.89. The maximum absolute atomic E-state index is 5.44. The quantitative estimate of drug-likeness (QED) is 0.458. The first kappa shape index (κ1) is 7.73. The van der Waals surface area contributed by atoms with Crippen molar-refractivity contribution in [3.8, 4) is 0 Å². The van der Waals surface area contributed by atoms with Crippen molar-refractivity contribution in [3.63, 3.8) is 0 Å². The molecule has 0 bridgehead atoms. The monoisotopic (exact) mass is 172 g/mol. The number of para-hydroxylation sites is 1. The van der Waals surface area contributed by atoms with E-state index in [-0.39, 0.29) is 5.84 Å². The van der Waals surface area contributed by atoms with E-state index in [1.54, 1.807) is 0 Å². The fourth-order valence-electron chi connectivity index (χ4n) is 1.23. The maximum atomic E-state index is 5.44. The van der Waals surface area contributed by atoms with Crippen molar-refractivity contribution in [1.82, 2.24) is 4.98 Å². The summed E-state index contributed by atoms with van der Waals surface area (Å²) in [4.78, 5) is 4.29. The number of pyridine rings is 1. The number of nitrogens with zero attached hydrogens (tertiary/aromatic N) is 1. The normalized spacial score (nSPS) is 10.2. The molecule has 0 spiro atoms. The van der Waals surface area contributed by atoms with Crippen LogP contribution in [0.25, 0.3) is 10.9 Å². The predicted octanol–water partition coefficient (Wildman–Crippen LogP) is -0.301. The molecule has 0 aliphatic rings. The summed E-state index contributed by atoms with van der Waals surface area (Å²) in [5.74, 6) is 0.255. The fraction of sp³-hybridized carbons (Fsp3) is 0. The topological polar surface area (TPSA) is 64.5 Å². The summed E-state index contributed by atoms with van der Waals surface area (Å²) in [6.45, 7) is 0. The van der Waals surface area contributed by atoms with Crippen LogP contribution in [-0.4, -0.2) is 10.8 Å². The van der Waals surface area contributed by atoms with Gasteiger partial charge in [-0.25, -0.2) is 4.98 Å². The van der Waals surface area contributed by atoms with Crippen molar-refractivity contribution in [2.24, 2.45) is 5.73 Å². The van der Waals surface area contributed by atoms with Gasteiger partial charge in [-0.15, -0.1) is 0 Å². The van der Waals surface area contributed by atoms with Crippen LogP contribution in [0.3, 0.4) is 0 Å². The van der Waals surface area contributed by atoms with Crippen molar-refractivity contribution in [3.05, 3.63) is 42.1 Å². The third-order valence-electron chi connectivity index (χ3n) is 1.89. The molecular formula is C10H10N3+. The van der Waals surface area contributed by atoms with Crippen molar-refractivity contribution < 1.29 is 5.41 Å². The van der Waals surface area contributed by atoms with E-state index >= 15 is 0 Å². The highest BCUT2D eigenvalue weighted by atomic mass is 14.8. The Balaban J connectivity index is 2.69. The number of hydrogen-bond acceptors (Lipinski definition) is 1. The molecule has 0 saturated heterocycles. The number of hydrogen-bond donors (Lipinski definition) is 2. The Kier molecular flexibility index (Phi) is 1.70. The van der Waals surface area contributed by atoms with E-state index in [1.165, 1.54) is 0 Å². The minimum Gasteiger partial charge on any atom is -0.286 e. The first-order chi connectivity index (χ1) is 6.27. The van der Waals surface area contributed by atoms with Gasteiger partial charge in [-0.2, -0.15) is 0 Å². The molecule has 3 nitrogen and oxygen atoms in total. The molecule has 13 heavy (non-hydrogen) atoms. The summed E-state index contributed by atoms with van der Waals surface area (Å²) < 4.78 is 0. The lowest BCUT2D eigenvalue weighted by atomic mass is 10.2. The van der Waals surface area contributed by atoms with Gasteiger partial charge in [-0.3, -0.25) is 11.1 Å². The van der Waals surface area contributed by atoms with Crippen molar-refractivity contribution >= 4 is 16.7 Å². The van der Waals surface area contributed by atoms with E-state index < -0.39 is 0 Å². The summed E-state index contributed by atoms with van der Waals surface area (Å²) in [5.41, 5.74) is 6.98. The van der Waals surface area contributed by atoms with E-state index in [1.807, 2.05) is 36.4 Å².